The molecule has 0 radical (unpaired) electrons. The molecular weight excluding hydrogens is 235 g/mol. The molecule has 2 aromatic rings. The van der Waals surface area contributed by atoms with Crippen LogP contribution in [0.25, 0.3) is 0 Å². The highest BCUT2D eigenvalue weighted by molar-refractivity contribution is 5.35. The van der Waals surface area contributed by atoms with Gasteiger partial charge in [-0.05, 0) is 13.0 Å². The third-order valence-corrected chi connectivity index (χ3v) is 2.82. The second kappa shape index (κ2) is 5.18. The number of nitrogens with zero attached hydrogens (tertiary/aromatic N) is 2. The average molecular weight is 250 g/mol. The van der Waals surface area contributed by atoms with Crippen molar-refractivity contribution in [3.05, 3.63) is 47.5 Å². The lowest BCUT2D eigenvalue weighted by Crippen LogP contribution is -2.11. The van der Waals surface area contributed by atoms with Gasteiger partial charge in [0.05, 0.1) is 13.3 Å². The third-order valence-electron chi connectivity index (χ3n) is 2.82. The number of halogens is 1. The number of aliphatic hydroxyl groups is 1. The van der Waals surface area contributed by atoms with Crippen molar-refractivity contribution in [1.82, 2.24) is 9.78 Å². The first-order valence-electron chi connectivity index (χ1n) is 5.71. The zero-order valence-corrected chi connectivity index (χ0v) is 10.3. The van der Waals surface area contributed by atoms with Gasteiger partial charge in [0.1, 0.15) is 17.6 Å². The zero-order valence-electron chi connectivity index (χ0n) is 10.3. The van der Waals surface area contributed by atoms with E-state index in [1.54, 1.807) is 22.9 Å². The number of aryl methyl sites for hydroxylation is 1. The average Bonchev–Trinajstić information content (AvgIpc) is 2.81. The molecule has 2 rings (SSSR count). The van der Waals surface area contributed by atoms with Gasteiger partial charge in [0.25, 0.3) is 0 Å². The maximum Gasteiger partial charge on any atom is 0.163 e. The number of methoxy groups -OCH3 is 1. The van der Waals surface area contributed by atoms with Crippen LogP contribution in [0.2, 0.25) is 0 Å². The molecule has 1 aromatic heterocycles. The molecule has 0 aliphatic carbocycles. The Morgan fingerprint density at radius 1 is 1.44 bits per heavy atom. The molecule has 0 saturated carbocycles. The molecule has 0 aliphatic heterocycles. The second-order valence-corrected chi connectivity index (χ2v) is 3.84. The van der Waals surface area contributed by atoms with Crippen molar-refractivity contribution in [2.45, 2.75) is 19.6 Å². The highest BCUT2D eigenvalue weighted by atomic mass is 19.1. The van der Waals surface area contributed by atoms with Gasteiger partial charge in [0, 0.05) is 12.1 Å². The van der Waals surface area contributed by atoms with Crippen LogP contribution in [-0.4, -0.2) is 22.0 Å². The van der Waals surface area contributed by atoms with Gasteiger partial charge in [-0.15, -0.1) is 0 Å². The molecule has 0 saturated heterocycles. The van der Waals surface area contributed by atoms with Crippen molar-refractivity contribution in [3.63, 3.8) is 0 Å². The summed E-state index contributed by atoms with van der Waals surface area (Å²) in [7, 11) is 1.49. The predicted octanol–water partition coefficient (Wildman–Crippen LogP) is 2.13. The SMILES string of the molecule is CCn1ncc(OC)c1C(O)c1ccccc1F. The Labute approximate surface area is 105 Å². The molecule has 1 N–H and O–H groups in total. The van der Waals surface area contributed by atoms with Gasteiger partial charge in [-0.25, -0.2) is 4.39 Å². The Morgan fingerprint density at radius 2 is 2.17 bits per heavy atom. The number of hydrogen-bond acceptors (Lipinski definition) is 3. The minimum atomic E-state index is -1.09. The first-order valence-corrected chi connectivity index (χ1v) is 5.71. The molecule has 5 heteroatoms. The van der Waals surface area contributed by atoms with Crippen molar-refractivity contribution in [2.24, 2.45) is 0 Å². The van der Waals surface area contributed by atoms with Crippen LogP contribution in [0, 0.1) is 5.82 Å². The van der Waals surface area contributed by atoms with Gasteiger partial charge in [-0.3, -0.25) is 4.68 Å². The molecule has 0 amide bonds. The topological polar surface area (TPSA) is 47.3 Å². The highest BCUT2D eigenvalue weighted by Gasteiger charge is 2.23. The van der Waals surface area contributed by atoms with Crippen LogP contribution in [0.1, 0.15) is 24.3 Å². The normalized spacial score (nSPS) is 12.4. The van der Waals surface area contributed by atoms with Crippen molar-refractivity contribution < 1.29 is 14.2 Å². The van der Waals surface area contributed by atoms with E-state index in [0.717, 1.165) is 0 Å². The summed E-state index contributed by atoms with van der Waals surface area (Å²) in [6.45, 7) is 2.47. The molecule has 0 spiro atoms. The summed E-state index contributed by atoms with van der Waals surface area (Å²) in [5.74, 6) is 0.00325. The summed E-state index contributed by atoms with van der Waals surface area (Å²) >= 11 is 0. The number of rotatable bonds is 4. The maximum absolute atomic E-state index is 13.7. The van der Waals surface area contributed by atoms with E-state index in [9.17, 15) is 9.50 Å². The molecule has 4 nitrogen and oxygen atoms in total. The third kappa shape index (κ3) is 2.09. The van der Waals surface area contributed by atoms with E-state index in [2.05, 4.69) is 5.10 Å². The van der Waals surface area contributed by atoms with Gasteiger partial charge in [-0.1, -0.05) is 18.2 Å². The summed E-state index contributed by atoms with van der Waals surface area (Å²) < 4.78 is 20.4. The van der Waals surface area contributed by atoms with Crippen LogP contribution < -0.4 is 4.74 Å². The van der Waals surface area contributed by atoms with E-state index in [1.807, 2.05) is 6.92 Å². The maximum atomic E-state index is 13.7. The van der Waals surface area contributed by atoms with Gasteiger partial charge >= 0.3 is 0 Å². The first-order chi connectivity index (χ1) is 8.69. The molecule has 1 unspecified atom stereocenters. The minimum absolute atomic E-state index is 0.214. The Hall–Kier alpha value is -1.88. The number of ether oxygens (including phenoxy) is 1. The van der Waals surface area contributed by atoms with Crippen LogP contribution in [0.5, 0.6) is 5.75 Å². The molecule has 1 atom stereocenters. The molecule has 0 bridgehead atoms. The van der Waals surface area contributed by atoms with Crippen LogP contribution >= 0.6 is 0 Å². The Kier molecular flexibility index (Phi) is 3.62. The Balaban J connectivity index is 2.48. The van der Waals surface area contributed by atoms with E-state index >= 15 is 0 Å². The molecule has 0 fully saturated rings. The van der Waals surface area contributed by atoms with Gasteiger partial charge in [0.15, 0.2) is 5.75 Å². The molecular formula is C13H15FN2O2. The summed E-state index contributed by atoms with van der Waals surface area (Å²) in [6.07, 6.45) is 0.423. The van der Waals surface area contributed by atoms with Gasteiger partial charge in [0.2, 0.25) is 0 Å². The lowest BCUT2D eigenvalue weighted by Gasteiger charge is -2.15. The standard InChI is InChI=1S/C13H15FN2O2/c1-3-16-12(11(18-2)8-15-16)13(17)9-6-4-5-7-10(9)14/h4-8,13,17H,3H2,1-2H3. The number of aliphatic hydroxyl groups excluding tert-OH is 1. The van der Waals surface area contributed by atoms with E-state index in [4.69, 9.17) is 4.74 Å². The number of hydrogen-bond donors (Lipinski definition) is 1. The summed E-state index contributed by atoms with van der Waals surface area (Å²) in [5.41, 5.74) is 0.677. The highest BCUT2D eigenvalue weighted by Crippen LogP contribution is 2.30. The van der Waals surface area contributed by atoms with Crippen molar-refractivity contribution >= 4 is 0 Å². The quantitative estimate of drug-likeness (QED) is 0.904. The van der Waals surface area contributed by atoms with E-state index < -0.39 is 11.9 Å². The van der Waals surface area contributed by atoms with E-state index in [1.165, 1.54) is 19.4 Å². The van der Waals surface area contributed by atoms with Crippen molar-refractivity contribution in [3.8, 4) is 5.75 Å². The van der Waals surface area contributed by atoms with Crippen molar-refractivity contribution in [1.29, 1.82) is 0 Å². The molecule has 18 heavy (non-hydrogen) atoms. The summed E-state index contributed by atoms with van der Waals surface area (Å²) in [5, 5.41) is 14.4. The fourth-order valence-corrected chi connectivity index (χ4v) is 1.91. The fraction of sp³-hybridized carbons (Fsp3) is 0.308. The molecule has 0 aliphatic rings. The smallest absolute Gasteiger partial charge is 0.163 e. The summed E-state index contributed by atoms with van der Waals surface area (Å²) in [6, 6.07) is 6.13. The number of aromatic nitrogens is 2. The zero-order chi connectivity index (χ0) is 13.1. The van der Waals surface area contributed by atoms with Gasteiger partial charge < -0.3 is 9.84 Å². The van der Waals surface area contributed by atoms with Gasteiger partial charge in [-0.2, -0.15) is 5.10 Å². The molecule has 1 heterocycles. The van der Waals surface area contributed by atoms with Crippen LogP contribution in [-0.2, 0) is 6.54 Å². The van der Waals surface area contributed by atoms with Crippen LogP contribution in [0.4, 0.5) is 4.39 Å². The minimum Gasteiger partial charge on any atom is -0.493 e. The lowest BCUT2D eigenvalue weighted by molar-refractivity contribution is 0.197. The van der Waals surface area contributed by atoms with Crippen LogP contribution in [0.3, 0.4) is 0 Å². The number of benzene rings is 1. The lowest BCUT2D eigenvalue weighted by atomic mass is 10.1. The molecule has 96 valence electrons. The van der Waals surface area contributed by atoms with Crippen molar-refractivity contribution in [2.75, 3.05) is 7.11 Å². The molecule has 1 aromatic carbocycles. The van der Waals surface area contributed by atoms with Crippen LogP contribution in [0.15, 0.2) is 30.5 Å². The summed E-state index contributed by atoms with van der Waals surface area (Å²) in [4.78, 5) is 0. The first kappa shape index (κ1) is 12.6. The Bertz CT molecular complexity index is 518. The van der Waals surface area contributed by atoms with E-state index in [-0.39, 0.29) is 5.56 Å². The Morgan fingerprint density at radius 3 is 2.78 bits per heavy atom. The predicted molar refractivity (Wildman–Crippen MR) is 64.9 cm³/mol. The largest absolute Gasteiger partial charge is 0.493 e. The van der Waals surface area contributed by atoms with E-state index in [0.29, 0.717) is 18.0 Å². The second-order valence-electron chi connectivity index (χ2n) is 3.84. The fourth-order valence-electron chi connectivity index (χ4n) is 1.91. The monoisotopic (exact) mass is 250 g/mol.